The van der Waals surface area contributed by atoms with Gasteiger partial charge in [0, 0.05) is 0 Å². The van der Waals surface area contributed by atoms with E-state index >= 15 is 0 Å². The van der Waals surface area contributed by atoms with Crippen LogP contribution in [0.5, 0.6) is 0 Å². The molecule has 0 aromatic heterocycles. The first-order valence-electron chi connectivity index (χ1n) is 4.37. The van der Waals surface area contributed by atoms with E-state index in [4.69, 9.17) is 5.26 Å². The van der Waals surface area contributed by atoms with E-state index < -0.39 is 12.0 Å². The summed E-state index contributed by atoms with van der Waals surface area (Å²) < 4.78 is 4.52. The minimum Gasteiger partial charge on any atom is -0.465 e. The maximum absolute atomic E-state index is 11.1. The second-order valence-electron chi connectivity index (χ2n) is 2.87. The summed E-state index contributed by atoms with van der Waals surface area (Å²) in [4.78, 5) is 24.5. The standard InChI is InChI=1S/C11H8N2O3/c1-16-11(15)9-4-2-8(3-5-9)10(6-12)13-7-14/h2-5,10H,1H3. The van der Waals surface area contributed by atoms with E-state index in [1.54, 1.807) is 12.1 Å². The van der Waals surface area contributed by atoms with Crippen LogP contribution in [-0.2, 0) is 9.53 Å². The summed E-state index contributed by atoms with van der Waals surface area (Å²) >= 11 is 0. The Kier molecular flexibility index (Phi) is 3.96. The van der Waals surface area contributed by atoms with Crippen LogP contribution in [0, 0.1) is 11.3 Å². The zero-order valence-corrected chi connectivity index (χ0v) is 8.51. The molecular weight excluding hydrogens is 208 g/mol. The second kappa shape index (κ2) is 5.44. The first-order chi connectivity index (χ1) is 7.72. The average Bonchev–Trinajstić information content (AvgIpc) is 2.35. The first-order valence-corrected chi connectivity index (χ1v) is 4.37. The molecule has 80 valence electrons. The van der Waals surface area contributed by atoms with E-state index in [1.165, 1.54) is 25.3 Å². The Labute approximate surface area is 92.0 Å². The van der Waals surface area contributed by atoms with E-state index in [0.717, 1.165) is 0 Å². The van der Waals surface area contributed by atoms with Crippen molar-refractivity contribution in [3.05, 3.63) is 35.4 Å². The van der Waals surface area contributed by atoms with Crippen LogP contribution >= 0.6 is 0 Å². The van der Waals surface area contributed by atoms with Crippen molar-refractivity contribution in [1.82, 2.24) is 0 Å². The number of aliphatic imine (C=N–C) groups is 1. The van der Waals surface area contributed by atoms with Gasteiger partial charge in [-0.3, -0.25) is 0 Å². The summed E-state index contributed by atoms with van der Waals surface area (Å²) in [7, 11) is 1.28. The molecule has 1 aromatic rings. The highest BCUT2D eigenvalue weighted by Gasteiger charge is 2.10. The lowest BCUT2D eigenvalue weighted by atomic mass is 10.1. The van der Waals surface area contributed by atoms with Crippen molar-refractivity contribution < 1.29 is 14.3 Å². The Hall–Kier alpha value is -2.44. The molecule has 0 spiro atoms. The molecule has 1 rings (SSSR count). The average molecular weight is 216 g/mol. The van der Waals surface area contributed by atoms with Gasteiger partial charge in [0.15, 0.2) is 6.04 Å². The molecule has 0 heterocycles. The van der Waals surface area contributed by atoms with Crippen molar-refractivity contribution in [2.45, 2.75) is 6.04 Å². The number of esters is 1. The van der Waals surface area contributed by atoms with Gasteiger partial charge in [-0.25, -0.2) is 9.59 Å². The lowest BCUT2D eigenvalue weighted by Crippen LogP contribution is -2.01. The molecule has 0 aliphatic heterocycles. The molecule has 0 fully saturated rings. The molecule has 0 saturated heterocycles. The normalized spacial score (nSPS) is 10.8. The third-order valence-electron chi connectivity index (χ3n) is 1.95. The number of nitriles is 1. The molecule has 5 nitrogen and oxygen atoms in total. The predicted octanol–water partition coefficient (Wildman–Crippen LogP) is 1.37. The van der Waals surface area contributed by atoms with Gasteiger partial charge >= 0.3 is 5.97 Å². The van der Waals surface area contributed by atoms with Crippen LogP contribution in [0.25, 0.3) is 0 Å². The number of carbonyl (C=O) groups is 1. The molecule has 0 saturated carbocycles. The van der Waals surface area contributed by atoms with Gasteiger partial charge in [-0.2, -0.15) is 10.3 Å². The summed E-state index contributed by atoms with van der Waals surface area (Å²) in [6.45, 7) is 0. The van der Waals surface area contributed by atoms with Crippen molar-refractivity contribution in [2.75, 3.05) is 7.11 Å². The van der Waals surface area contributed by atoms with Gasteiger partial charge in [0.05, 0.1) is 18.7 Å². The number of isocyanates is 1. The van der Waals surface area contributed by atoms with Gasteiger partial charge in [0.2, 0.25) is 6.08 Å². The lowest BCUT2D eigenvalue weighted by Gasteiger charge is -2.03. The van der Waals surface area contributed by atoms with Crippen LogP contribution in [0.3, 0.4) is 0 Å². The highest BCUT2D eigenvalue weighted by molar-refractivity contribution is 5.89. The Morgan fingerprint density at radius 2 is 2.06 bits per heavy atom. The number of carbonyl (C=O) groups excluding carboxylic acids is 2. The molecule has 0 bridgehead atoms. The first kappa shape index (κ1) is 11.6. The topological polar surface area (TPSA) is 79.5 Å². The fourth-order valence-corrected chi connectivity index (χ4v) is 1.15. The summed E-state index contributed by atoms with van der Waals surface area (Å²) in [6.07, 6.45) is 1.33. The molecule has 0 radical (unpaired) electrons. The number of rotatable bonds is 3. The predicted molar refractivity (Wildman–Crippen MR) is 54.3 cm³/mol. The molecule has 1 unspecified atom stereocenters. The molecule has 0 aliphatic carbocycles. The fourth-order valence-electron chi connectivity index (χ4n) is 1.15. The van der Waals surface area contributed by atoms with Crippen molar-refractivity contribution in [3.8, 4) is 6.07 Å². The van der Waals surface area contributed by atoms with Gasteiger partial charge < -0.3 is 4.74 Å². The highest BCUT2D eigenvalue weighted by Crippen LogP contribution is 2.16. The quantitative estimate of drug-likeness (QED) is 0.434. The van der Waals surface area contributed by atoms with Gasteiger partial charge in [0.25, 0.3) is 0 Å². The number of methoxy groups -OCH3 is 1. The third-order valence-corrected chi connectivity index (χ3v) is 1.95. The van der Waals surface area contributed by atoms with Crippen LogP contribution in [-0.4, -0.2) is 19.2 Å². The number of hydrogen-bond acceptors (Lipinski definition) is 5. The molecule has 1 aromatic carbocycles. The third kappa shape index (κ3) is 2.53. The molecular formula is C11H8N2O3. The minimum absolute atomic E-state index is 0.373. The fraction of sp³-hybridized carbons (Fsp3) is 0.182. The monoisotopic (exact) mass is 216 g/mol. The van der Waals surface area contributed by atoms with Gasteiger partial charge in [-0.15, -0.1) is 0 Å². The van der Waals surface area contributed by atoms with Crippen LogP contribution in [0.15, 0.2) is 29.3 Å². The largest absolute Gasteiger partial charge is 0.465 e. The molecule has 0 amide bonds. The Balaban J connectivity index is 2.99. The van der Waals surface area contributed by atoms with Crippen LogP contribution in [0.4, 0.5) is 0 Å². The second-order valence-corrected chi connectivity index (χ2v) is 2.87. The SMILES string of the molecule is COC(=O)c1ccc(C(C#N)N=C=O)cc1. The Morgan fingerprint density at radius 1 is 1.44 bits per heavy atom. The zero-order valence-electron chi connectivity index (χ0n) is 8.51. The summed E-state index contributed by atoms with van der Waals surface area (Å²) in [5.41, 5.74) is 0.900. The molecule has 16 heavy (non-hydrogen) atoms. The van der Waals surface area contributed by atoms with Crippen LogP contribution < -0.4 is 0 Å². The van der Waals surface area contributed by atoms with Gasteiger partial charge in [-0.05, 0) is 17.7 Å². The van der Waals surface area contributed by atoms with E-state index in [2.05, 4.69) is 9.73 Å². The number of hydrogen-bond donors (Lipinski definition) is 0. The Bertz CT molecular complexity index is 467. The van der Waals surface area contributed by atoms with E-state index in [1.807, 2.05) is 6.07 Å². The van der Waals surface area contributed by atoms with Gasteiger partial charge in [-0.1, -0.05) is 12.1 Å². The zero-order chi connectivity index (χ0) is 12.0. The van der Waals surface area contributed by atoms with Crippen LogP contribution in [0.1, 0.15) is 22.0 Å². The molecule has 0 N–H and O–H groups in total. The van der Waals surface area contributed by atoms with Crippen molar-refractivity contribution in [1.29, 1.82) is 5.26 Å². The molecule has 1 atom stereocenters. The van der Waals surface area contributed by atoms with Crippen molar-refractivity contribution >= 4 is 12.0 Å². The summed E-state index contributed by atoms with van der Waals surface area (Å²) in [5, 5.41) is 8.72. The van der Waals surface area contributed by atoms with E-state index in [9.17, 15) is 9.59 Å². The molecule has 5 heteroatoms. The van der Waals surface area contributed by atoms with Gasteiger partial charge in [0.1, 0.15) is 0 Å². The van der Waals surface area contributed by atoms with Crippen LogP contribution in [0.2, 0.25) is 0 Å². The Morgan fingerprint density at radius 3 is 2.50 bits per heavy atom. The van der Waals surface area contributed by atoms with Crippen molar-refractivity contribution in [3.63, 3.8) is 0 Å². The summed E-state index contributed by atoms with van der Waals surface area (Å²) in [6, 6.07) is 7.05. The smallest absolute Gasteiger partial charge is 0.337 e. The molecule has 0 aliphatic rings. The number of nitrogens with zero attached hydrogens (tertiary/aromatic N) is 2. The number of ether oxygens (including phenoxy) is 1. The van der Waals surface area contributed by atoms with E-state index in [-0.39, 0.29) is 0 Å². The van der Waals surface area contributed by atoms with Crippen molar-refractivity contribution in [2.24, 2.45) is 4.99 Å². The summed E-state index contributed by atoms with van der Waals surface area (Å²) in [5.74, 6) is -0.459. The maximum Gasteiger partial charge on any atom is 0.337 e. The minimum atomic E-state index is -0.885. The number of benzene rings is 1. The maximum atomic E-state index is 11.1. The van der Waals surface area contributed by atoms with E-state index in [0.29, 0.717) is 11.1 Å². The highest BCUT2D eigenvalue weighted by atomic mass is 16.5. The lowest BCUT2D eigenvalue weighted by molar-refractivity contribution is 0.0600.